The number of halogens is 6. The van der Waals surface area contributed by atoms with Gasteiger partial charge in [0.2, 0.25) is 5.78 Å². The second-order valence-electron chi connectivity index (χ2n) is 13.0. The number of aliphatic hydroxyl groups is 3. The third-order valence-corrected chi connectivity index (χ3v) is 9.35. The number of aliphatic hydroxyl groups excluding tert-OH is 2. The molecule has 2 aromatic carbocycles. The van der Waals surface area contributed by atoms with E-state index in [1.54, 1.807) is 19.0 Å². The fourth-order valence-corrected chi connectivity index (χ4v) is 7.18. The number of benzene rings is 2. The van der Waals surface area contributed by atoms with Crippen molar-refractivity contribution in [3.05, 3.63) is 75.8 Å². The maximum atomic E-state index is 14.1. The van der Waals surface area contributed by atoms with Gasteiger partial charge in [-0.15, -0.1) is 0 Å². The van der Waals surface area contributed by atoms with Crippen LogP contribution in [0.3, 0.4) is 0 Å². The molecule has 0 spiro atoms. The molecule has 1 saturated carbocycles. The molecular weight excluding hydrogens is 692 g/mol. The van der Waals surface area contributed by atoms with Crippen molar-refractivity contribution in [3.63, 3.8) is 0 Å². The van der Waals surface area contributed by atoms with E-state index in [-0.39, 0.29) is 30.2 Å². The van der Waals surface area contributed by atoms with E-state index >= 15 is 0 Å². The number of hydrogen-bond donors (Lipinski definition) is 7. The molecule has 4 atom stereocenters. The van der Waals surface area contributed by atoms with Crippen LogP contribution in [0.15, 0.2) is 53.6 Å². The SMILES string of the molecule is C=C(Nc1cc(C(F)(F)F)cc(C(F)(F)F)c1)Nc1cc(N(C)C)c2c(c1O)C(O)=C1C(=O)[C@@]3(O)C(O)=C(C(N)=O)C(=O)[C@H](N(C)C)[C@H]3C[C@H]1C2. The Bertz CT molecular complexity index is 1920. The van der Waals surface area contributed by atoms with Gasteiger partial charge in [-0.2, -0.15) is 26.3 Å². The highest BCUT2D eigenvalue weighted by Crippen LogP contribution is 2.54. The van der Waals surface area contributed by atoms with E-state index in [2.05, 4.69) is 17.2 Å². The minimum Gasteiger partial charge on any atom is -0.508 e. The monoisotopic (exact) mass is 725 g/mol. The number of primary amides is 1. The number of nitrogens with two attached hydrogens (primary N) is 1. The molecular formula is C33H33F6N5O7. The van der Waals surface area contributed by atoms with Crippen LogP contribution in [0.4, 0.5) is 43.4 Å². The number of phenols is 1. The Morgan fingerprint density at radius 2 is 1.53 bits per heavy atom. The molecule has 5 rings (SSSR count). The van der Waals surface area contributed by atoms with Crippen molar-refractivity contribution >= 4 is 40.3 Å². The highest BCUT2D eigenvalue weighted by Gasteiger charge is 2.64. The summed E-state index contributed by atoms with van der Waals surface area (Å²) in [6.45, 7) is 3.59. The number of nitrogens with one attached hydrogen (secondary N) is 2. The Morgan fingerprint density at radius 1 is 0.961 bits per heavy atom. The predicted octanol–water partition coefficient (Wildman–Crippen LogP) is 4.06. The Hall–Kier alpha value is -5.23. The molecule has 274 valence electrons. The molecule has 1 amide bonds. The molecule has 3 aliphatic carbocycles. The van der Waals surface area contributed by atoms with Crippen LogP contribution in [0.5, 0.6) is 5.75 Å². The van der Waals surface area contributed by atoms with Gasteiger partial charge in [0, 0.05) is 37.0 Å². The number of alkyl halides is 6. The summed E-state index contributed by atoms with van der Waals surface area (Å²) in [5.41, 5.74) is -2.68. The molecule has 2 aromatic rings. The number of rotatable bonds is 7. The zero-order valence-electron chi connectivity index (χ0n) is 27.4. The molecule has 0 heterocycles. The van der Waals surface area contributed by atoms with Crippen LogP contribution in [0, 0.1) is 11.8 Å². The zero-order valence-corrected chi connectivity index (χ0v) is 27.4. The van der Waals surface area contributed by atoms with Crippen LogP contribution in [0.25, 0.3) is 5.76 Å². The molecule has 0 bridgehead atoms. The van der Waals surface area contributed by atoms with E-state index < -0.39 is 104 Å². The number of anilines is 3. The van der Waals surface area contributed by atoms with Gasteiger partial charge >= 0.3 is 12.4 Å². The first-order valence-corrected chi connectivity index (χ1v) is 15.1. The van der Waals surface area contributed by atoms with Gasteiger partial charge in [-0.1, -0.05) is 6.58 Å². The van der Waals surface area contributed by atoms with Gasteiger partial charge in [-0.05, 0) is 62.7 Å². The van der Waals surface area contributed by atoms with E-state index in [4.69, 9.17) is 5.73 Å². The average Bonchev–Trinajstić information content (AvgIpc) is 2.98. The summed E-state index contributed by atoms with van der Waals surface area (Å²) >= 11 is 0. The number of phenolic OH excluding ortho intramolecular Hbond substituents is 1. The normalized spacial score (nSPS) is 23.5. The quantitative estimate of drug-likeness (QED) is 0.124. The summed E-state index contributed by atoms with van der Waals surface area (Å²) in [6, 6.07) is 0.893. The number of likely N-dealkylation sites (N-methyl/N-ethyl adjacent to an activating group) is 1. The Balaban J connectivity index is 1.60. The number of ketones is 2. The lowest BCUT2D eigenvalue weighted by atomic mass is 9.57. The van der Waals surface area contributed by atoms with Crippen molar-refractivity contribution < 1.29 is 61.2 Å². The van der Waals surface area contributed by atoms with Crippen molar-refractivity contribution in [2.24, 2.45) is 17.6 Å². The van der Waals surface area contributed by atoms with Gasteiger partial charge in [0.15, 0.2) is 11.4 Å². The van der Waals surface area contributed by atoms with Gasteiger partial charge in [0.1, 0.15) is 28.7 Å². The van der Waals surface area contributed by atoms with Gasteiger partial charge in [0.25, 0.3) is 5.91 Å². The fraction of sp³-hybridized carbons (Fsp3) is 0.364. The molecule has 12 nitrogen and oxygen atoms in total. The fourth-order valence-electron chi connectivity index (χ4n) is 7.18. The number of nitrogens with zero attached hydrogens (tertiary/aromatic N) is 2. The number of hydrogen-bond acceptors (Lipinski definition) is 11. The molecule has 1 fully saturated rings. The van der Waals surface area contributed by atoms with Crippen LogP contribution in [0.2, 0.25) is 0 Å². The maximum absolute atomic E-state index is 14.1. The van der Waals surface area contributed by atoms with Gasteiger partial charge in [-0.25, -0.2) is 0 Å². The highest BCUT2D eigenvalue weighted by molar-refractivity contribution is 6.24. The van der Waals surface area contributed by atoms with Gasteiger partial charge in [-0.3, -0.25) is 19.3 Å². The highest BCUT2D eigenvalue weighted by atomic mass is 19.4. The zero-order chi connectivity index (χ0) is 38.3. The topological polar surface area (TPSA) is 189 Å². The largest absolute Gasteiger partial charge is 0.508 e. The number of carbonyl (C=O) groups is 3. The number of amides is 1. The summed E-state index contributed by atoms with van der Waals surface area (Å²) in [5.74, 6) is -8.91. The molecule has 0 saturated heterocycles. The molecule has 0 unspecified atom stereocenters. The third-order valence-electron chi connectivity index (χ3n) is 9.35. The summed E-state index contributed by atoms with van der Waals surface area (Å²) in [6.07, 6.45) is -10.4. The second kappa shape index (κ2) is 12.2. The van der Waals surface area contributed by atoms with Crippen LogP contribution in [0.1, 0.15) is 28.7 Å². The van der Waals surface area contributed by atoms with E-state index in [1.165, 1.54) is 25.1 Å². The van der Waals surface area contributed by atoms with E-state index in [1.807, 2.05) is 0 Å². The summed E-state index contributed by atoms with van der Waals surface area (Å²) in [5, 5.41) is 50.8. The number of aromatic hydroxyl groups is 1. The standard InChI is InChI=1S/C33H33F6N5O7/c1-12(41-16-9-14(32(34,35)36)8-15(10-16)33(37,38)39)42-19-11-20(43(2)3)17-6-13-7-18-24(44(4)5)27(47)23(30(40)50)29(49)31(18,51)28(48)21(13)26(46)22(17)25(19)45/h8-11,13,18,24,41-42,45-46,49,51H,1,6-7H2,2-5H3,(H2,40,50)/t13-,18-,24-,31-/m1/s1. The first-order valence-electron chi connectivity index (χ1n) is 15.1. The summed E-state index contributed by atoms with van der Waals surface area (Å²) < 4.78 is 80.4. The van der Waals surface area contributed by atoms with Crippen molar-refractivity contribution in [1.29, 1.82) is 0 Å². The molecule has 3 aliphatic rings. The van der Waals surface area contributed by atoms with Crippen LogP contribution in [-0.2, 0) is 33.2 Å². The summed E-state index contributed by atoms with van der Waals surface area (Å²) in [7, 11) is 6.13. The van der Waals surface area contributed by atoms with E-state index in [9.17, 15) is 61.2 Å². The molecule has 18 heteroatoms. The van der Waals surface area contributed by atoms with Crippen molar-refractivity contribution in [2.75, 3.05) is 43.7 Å². The number of carbonyl (C=O) groups excluding carboxylic acids is 3. The minimum absolute atomic E-state index is 0.0421. The smallest absolute Gasteiger partial charge is 0.416 e. The molecule has 0 radical (unpaired) electrons. The van der Waals surface area contributed by atoms with Crippen LogP contribution in [-0.4, -0.2) is 82.6 Å². The minimum atomic E-state index is -5.12. The lowest BCUT2D eigenvalue weighted by Gasteiger charge is -2.50. The van der Waals surface area contributed by atoms with Crippen molar-refractivity contribution in [3.8, 4) is 5.75 Å². The van der Waals surface area contributed by atoms with Crippen LogP contribution >= 0.6 is 0 Å². The number of Topliss-reactive ketones (excluding diaryl/α,β-unsaturated/α-hetero) is 2. The Labute approximate surface area is 286 Å². The lowest BCUT2D eigenvalue weighted by Crippen LogP contribution is -2.65. The maximum Gasteiger partial charge on any atom is 0.416 e. The van der Waals surface area contributed by atoms with E-state index in [0.717, 1.165) is 0 Å². The molecule has 8 N–H and O–H groups in total. The molecule has 0 aromatic heterocycles. The van der Waals surface area contributed by atoms with Gasteiger partial charge < -0.3 is 41.7 Å². The van der Waals surface area contributed by atoms with Gasteiger partial charge in [0.05, 0.1) is 28.4 Å². The summed E-state index contributed by atoms with van der Waals surface area (Å²) in [4.78, 5) is 42.6. The van der Waals surface area contributed by atoms with E-state index in [0.29, 0.717) is 23.4 Å². The average molecular weight is 726 g/mol. The molecule has 0 aliphatic heterocycles. The van der Waals surface area contributed by atoms with Crippen molar-refractivity contribution in [2.45, 2.75) is 36.8 Å². The Kier molecular flexibility index (Phi) is 8.88. The lowest BCUT2D eigenvalue weighted by molar-refractivity contribution is -0.153. The second-order valence-corrected chi connectivity index (χ2v) is 13.0. The molecule has 51 heavy (non-hydrogen) atoms. The predicted molar refractivity (Wildman–Crippen MR) is 171 cm³/mol. The first-order chi connectivity index (χ1) is 23.4. The first kappa shape index (κ1) is 37.0. The van der Waals surface area contributed by atoms with Crippen LogP contribution < -0.4 is 21.3 Å². The third kappa shape index (κ3) is 6.01. The van der Waals surface area contributed by atoms with Crippen molar-refractivity contribution in [1.82, 2.24) is 4.90 Å². The number of fused-ring (bicyclic) bond motifs is 3. The Morgan fingerprint density at radius 3 is 2.02 bits per heavy atom.